The summed E-state index contributed by atoms with van der Waals surface area (Å²) < 4.78 is 6.21. The average molecular weight is 365 g/mol. The molecule has 2 atom stereocenters. The van der Waals surface area contributed by atoms with Gasteiger partial charge in [-0.2, -0.15) is 0 Å². The SMILES string of the molecule is CN(C)c1ccc([C@@H]2NC[C@@H](CSc3ccc4ccccc4c3)O2)cc1. The van der Waals surface area contributed by atoms with E-state index in [0.717, 1.165) is 12.3 Å². The van der Waals surface area contributed by atoms with Gasteiger partial charge in [0.25, 0.3) is 0 Å². The molecule has 1 aliphatic heterocycles. The van der Waals surface area contributed by atoms with Gasteiger partial charge in [-0.3, -0.25) is 5.32 Å². The third-order valence-electron chi connectivity index (χ3n) is 4.73. The number of hydrogen-bond acceptors (Lipinski definition) is 4. The normalized spacial score (nSPS) is 19.8. The Labute approximate surface area is 159 Å². The van der Waals surface area contributed by atoms with Gasteiger partial charge in [0, 0.05) is 37.0 Å². The highest BCUT2D eigenvalue weighted by atomic mass is 32.2. The van der Waals surface area contributed by atoms with Gasteiger partial charge in [-0.05, 0) is 40.6 Å². The Kier molecular flexibility index (Phi) is 5.16. The molecule has 0 saturated carbocycles. The van der Waals surface area contributed by atoms with Crippen LogP contribution in [0.15, 0.2) is 71.6 Å². The molecule has 1 fully saturated rings. The minimum Gasteiger partial charge on any atom is -0.378 e. The molecule has 3 aromatic rings. The van der Waals surface area contributed by atoms with E-state index < -0.39 is 0 Å². The number of anilines is 1. The second-order valence-electron chi connectivity index (χ2n) is 6.85. The lowest BCUT2D eigenvalue weighted by Crippen LogP contribution is -2.16. The minimum absolute atomic E-state index is 0.00610. The van der Waals surface area contributed by atoms with Gasteiger partial charge < -0.3 is 9.64 Å². The molecule has 0 radical (unpaired) electrons. The summed E-state index contributed by atoms with van der Waals surface area (Å²) in [4.78, 5) is 3.40. The minimum atomic E-state index is -0.00610. The maximum Gasteiger partial charge on any atom is 0.134 e. The van der Waals surface area contributed by atoms with Crippen molar-refractivity contribution in [1.82, 2.24) is 5.32 Å². The van der Waals surface area contributed by atoms with Crippen LogP contribution in [0.2, 0.25) is 0 Å². The van der Waals surface area contributed by atoms with E-state index in [1.165, 1.54) is 26.9 Å². The van der Waals surface area contributed by atoms with Crippen molar-refractivity contribution in [3.63, 3.8) is 0 Å². The molecule has 134 valence electrons. The van der Waals surface area contributed by atoms with Crippen LogP contribution in [0.25, 0.3) is 10.8 Å². The van der Waals surface area contributed by atoms with Crippen LogP contribution < -0.4 is 10.2 Å². The van der Waals surface area contributed by atoms with Crippen LogP contribution in [0.5, 0.6) is 0 Å². The van der Waals surface area contributed by atoms with Crippen LogP contribution in [0.1, 0.15) is 11.8 Å². The Hall–Kier alpha value is -2.01. The Morgan fingerprint density at radius 3 is 2.54 bits per heavy atom. The second-order valence-corrected chi connectivity index (χ2v) is 7.95. The van der Waals surface area contributed by atoms with Crippen molar-refractivity contribution < 1.29 is 4.74 Å². The Morgan fingerprint density at radius 1 is 1.00 bits per heavy atom. The molecule has 0 spiro atoms. The fraction of sp³-hybridized carbons (Fsp3) is 0.273. The Morgan fingerprint density at radius 2 is 1.77 bits per heavy atom. The monoisotopic (exact) mass is 364 g/mol. The van der Waals surface area contributed by atoms with E-state index in [2.05, 4.69) is 91.0 Å². The molecule has 1 N–H and O–H groups in total. The van der Waals surface area contributed by atoms with Crippen LogP contribution in [0, 0.1) is 0 Å². The standard InChI is InChI=1S/C22H24N2OS/c1-24(2)19-10-7-17(8-11-19)22-23-14-20(25-22)15-26-21-12-9-16-5-3-4-6-18(16)13-21/h3-13,20,22-23H,14-15H2,1-2H3/t20-,22+/m0/s1. The molecule has 0 aromatic heterocycles. The maximum absolute atomic E-state index is 6.21. The summed E-state index contributed by atoms with van der Waals surface area (Å²) in [7, 11) is 4.11. The zero-order valence-electron chi connectivity index (χ0n) is 15.2. The van der Waals surface area contributed by atoms with Crippen LogP contribution in [-0.4, -0.2) is 32.5 Å². The Bertz CT molecular complexity index is 879. The summed E-state index contributed by atoms with van der Waals surface area (Å²) in [6.45, 7) is 0.890. The van der Waals surface area contributed by atoms with Crippen molar-refractivity contribution in [3.8, 4) is 0 Å². The van der Waals surface area contributed by atoms with Gasteiger partial charge in [-0.15, -0.1) is 11.8 Å². The fourth-order valence-electron chi connectivity index (χ4n) is 3.22. The predicted molar refractivity (Wildman–Crippen MR) is 111 cm³/mol. The average Bonchev–Trinajstić information content (AvgIpc) is 3.15. The highest BCUT2D eigenvalue weighted by Gasteiger charge is 2.25. The smallest absolute Gasteiger partial charge is 0.134 e. The molecule has 0 amide bonds. The molecule has 0 aliphatic carbocycles. The van der Waals surface area contributed by atoms with Crippen molar-refractivity contribution in [2.75, 3.05) is 31.3 Å². The van der Waals surface area contributed by atoms with Crippen LogP contribution in [0.3, 0.4) is 0 Å². The molecule has 1 aliphatic rings. The van der Waals surface area contributed by atoms with Crippen LogP contribution in [-0.2, 0) is 4.74 Å². The van der Waals surface area contributed by atoms with Gasteiger partial charge in [0.1, 0.15) is 6.23 Å². The molecule has 0 bridgehead atoms. The molecule has 3 aromatic carbocycles. The van der Waals surface area contributed by atoms with E-state index in [1.54, 1.807) is 0 Å². The van der Waals surface area contributed by atoms with E-state index in [1.807, 2.05) is 11.8 Å². The maximum atomic E-state index is 6.21. The van der Waals surface area contributed by atoms with Crippen molar-refractivity contribution in [3.05, 3.63) is 72.3 Å². The number of thioether (sulfide) groups is 1. The van der Waals surface area contributed by atoms with Gasteiger partial charge >= 0.3 is 0 Å². The number of fused-ring (bicyclic) bond motifs is 1. The van der Waals surface area contributed by atoms with E-state index in [0.29, 0.717) is 0 Å². The lowest BCUT2D eigenvalue weighted by molar-refractivity contribution is 0.0535. The zero-order valence-corrected chi connectivity index (χ0v) is 16.0. The van der Waals surface area contributed by atoms with E-state index >= 15 is 0 Å². The first kappa shape index (κ1) is 17.4. The highest BCUT2D eigenvalue weighted by Crippen LogP contribution is 2.28. The fourth-order valence-corrected chi connectivity index (χ4v) is 4.16. The summed E-state index contributed by atoms with van der Waals surface area (Å²) in [5.41, 5.74) is 2.39. The first-order chi connectivity index (χ1) is 12.7. The second kappa shape index (κ2) is 7.70. The number of rotatable bonds is 5. The molecule has 26 heavy (non-hydrogen) atoms. The van der Waals surface area contributed by atoms with E-state index in [4.69, 9.17) is 4.74 Å². The largest absolute Gasteiger partial charge is 0.378 e. The molecule has 4 heteroatoms. The Balaban J connectivity index is 1.35. The zero-order chi connectivity index (χ0) is 17.9. The number of benzene rings is 3. The predicted octanol–water partition coefficient (Wildman–Crippen LogP) is 4.69. The van der Waals surface area contributed by atoms with Gasteiger partial charge in [-0.1, -0.05) is 42.5 Å². The van der Waals surface area contributed by atoms with E-state index in [-0.39, 0.29) is 12.3 Å². The number of ether oxygens (including phenoxy) is 1. The van der Waals surface area contributed by atoms with Gasteiger partial charge in [-0.25, -0.2) is 0 Å². The molecule has 1 heterocycles. The summed E-state index contributed by atoms with van der Waals surface area (Å²) in [6.07, 6.45) is 0.221. The third-order valence-corrected chi connectivity index (χ3v) is 5.85. The topological polar surface area (TPSA) is 24.5 Å². The van der Waals surface area contributed by atoms with Gasteiger partial charge in [0.15, 0.2) is 0 Å². The van der Waals surface area contributed by atoms with E-state index in [9.17, 15) is 0 Å². The quantitative estimate of drug-likeness (QED) is 0.664. The molecule has 0 unspecified atom stereocenters. The summed E-state index contributed by atoms with van der Waals surface area (Å²) in [6, 6.07) is 23.7. The van der Waals surface area contributed by atoms with Crippen molar-refractivity contribution in [1.29, 1.82) is 0 Å². The number of nitrogens with one attached hydrogen (secondary N) is 1. The molecule has 3 nitrogen and oxygen atoms in total. The van der Waals surface area contributed by atoms with Crippen LogP contribution >= 0.6 is 11.8 Å². The van der Waals surface area contributed by atoms with Crippen molar-refractivity contribution in [2.24, 2.45) is 0 Å². The van der Waals surface area contributed by atoms with Gasteiger partial charge in [0.05, 0.1) is 6.10 Å². The lowest BCUT2D eigenvalue weighted by atomic mass is 10.1. The van der Waals surface area contributed by atoms with Crippen molar-refractivity contribution >= 4 is 28.2 Å². The summed E-state index contributed by atoms with van der Waals surface area (Å²) >= 11 is 1.86. The summed E-state index contributed by atoms with van der Waals surface area (Å²) in [5, 5.41) is 6.07. The molecular weight excluding hydrogens is 340 g/mol. The number of nitrogens with zero attached hydrogens (tertiary/aromatic N) is 1. The lowest BCUT2D eigenvalue weighted by Gasteiger charge is -2.16. The first-order valence-electron chi connectivity index (χ1n) is 8.97. The van der Waals surface area contributed by atoms with Crippen LogP contribution in [0.4, 0.5) is 5.69 Å². The molecule has 4 rings (SSSR count). The molecular formula is C22H24N2OS. The van der Waals surface area contributed by atoms with Gasteiger partial charge in [0.2, 0.25) is 0 Å². The number of hydrogen-bond donors (Lipinski definition) is 1. The first-order valence-corrected chi connectivity index (χ1v) is 9.95. The highest BCUT2D eigenvalue weighted by molar-refractivity contribution is 7.99. The third kappa shape index (κ3) is 3.88. The van der Waals surface area contributed by atoms with Crippen molar-refractivity contribution in [2.45, 2.75) is 17.2 Å². The summed E-state index contributed by atoms with van der Waals surface area (Å²) in [5.74, 6) is 0.956. The molecule has 1 saturated heterocycles.